The molecule has 5 rings (SSSR count). The Kier molecular flexibility index (Phi) is 6.84. The van der Waals surface area contributed by atoms with Gasteiger partial charge >= 0.3 is 0 Å². The van der Waals surface area contributed by atoms with Crippen LogP contribution in [0.15, 0.2) is 30.3 Å². The number of hydrogen-bond acceptors (Lipinski definition) is 8. The summed E-state index contributed by atoms with van der Waals surface area (Å²) in [6.45, 7) is 6.80. The van der Waals surface area contributed by atoms with Crippen LogP contribution >= 0.6 is 0 Å². The summed E-state index contributed by atoms with van der Waals surface area (Å²) in [4.78, 5) is 20.3. The molecule has 0 amide bonds. The maximum absolute atomic E-state index is 14.0. The Morgan fingerprint density at radius 2 is 1.59 bits per heavy atom. The van der Waals surface area contributed by atoms with Crippen LogP contribution < -0.4 is 9.80 Å². The van der Waals surface area contributed by atoms with Gasteiger partial charge < -0.3 is 19.6 Å². The number of aromatic nitrogens is 4. The van der Waals surface area contributed by atoms with E-state index in [2.05, 4.69) is 19.7 Å². The SMILES string of the molecule is OCCCN1CCN(c2cc(N3CCOCC3)nc(-n3c(C(F)F)nc4ccccc43)n2)CC1. The number of anilines is 2. The average Bonchev–Trinajstić information content (AvgIpc) is 3.28. The van der Waals surface area contributed by atoms with Gasteiger partial charge in [0.05, 0.1) is 24.2 Å². The number of halogens is 2. The first-order valence-corrected chi connectivity index (χ1v) is 11.7. The number of fused-ring (bicyclic) bond motifs is 1. The first-order valence-electron chi connectivity index (χ1n) is 11.7. The van der Waals surface area contributed by atoms with Crippen molar-refractivity contribution < 1.29 is 18.6 Å². The van der Waals surface area contributed by atoms with E-state index in [0.717, 1.165) is 39.1 Å². The molecule has 1 N–H and O–H groups in total. The predicted molar refractivity (Wildman–Crippen MR) is 125 cm³/mol. The van der Waals surface area contributed by atoms with Crippen LogP contribution in [0.25, 0.3) is 17.0 Å². The zero-order valence-corrected chi connectivity index (χ0v) is 19.0. The number of aliphatic hydroxyl groups is 1. The zero-order valence-electron chi connectivity index (χ0n) is 19.0. The molecule has 0 saturated carbocycles. The van der Waals surface area contributed by atoms with Crippen LogP contribution in [0.4, 0.5) is 20.4 Å². The summed E-state index contributed by atoms with van der Waals surface area (Å²) in [6.07, 6.45) is -2.01. The highest BCUT2D eigenvalue weighted by Gasteiger charge is 2.25. The van der Waals surface area contributed by atoms with Crippen molar-refractivity contribution in [2.24, 2.45) is 0 Å². The zero-order chi connectivity index (χ0) is 23.5. The Bertz CT molecular complexity index is 1110. The molecule has 4 heterocycles. The fourth-order valence-electron chi connectivity index (χ4n) is 4.52. The van der Waals surface area contributed by atoms with E-state index in [9.17, 15) is 8.78 Å². The standard InChI is InChI=1S/C23H29F2N7O2/c24-21(25)22-26-17-4-1-2-5-18(17)32(22)23-27-19(16-20(28-23)31-11-14-34-15-12-31)30-9-7-29(8-10-30)6-3-13-33/h1-2,4-5,16,21,33H,3,6-15H2. The lowest BCUT2D eigenvalue weighted by atomic mass is 10.3. The van der Waals surface area contributed by atoms with Crippen molar-refractivity contribution in [3.63, 3.8) is 0 Å². The lowest BCUT2D eigenvalue weighted by Gasteiger charge is -2.36. The summed E-state index contributed by atoms with van der Waals surface area (Å²) in [6, 6.07) is 9.00. The molecule has 2 aliphatic rings. The molecular weight excluding hydrogens is 444 g/mol. The van der Waals surface area contributed by atoms with Crippen molar-refractivity contribution in [3.05, 3.63) is 36.2 Å². The number of para-hydroxylation sites is 2. The Morgan fingerprint density at radius 3 is 2.26 bits per heavy atom. The summed E-state index contributed by atoms with van der Waals surface area (Å²) < 4.78 is 34.9. The van der Waals surface area contributed by atoms with Crippen molar-refractivity contribution in [1.82, 2.24) is 24.4 Å². The third-order valence-corrected chi connectivity index (χ3v) is 6.33. The van der Waals surface area contributed by atoms with E-state index in [4.69, 9.17) is 19.8 Å². The number of ether oxygens (including phenoxy) is 1. The third kappa shape index (κ3) is 4.68. The number of morpholine rings is 1. The molecule has 0 unspecified atom stereocenters. The maximum atomic E-state index is 14.0. The van der Waals surface area contributed by atoms with Gasteiger partial charge in [0.1, 0.15) is 11.6 Å². The fraction of sp³-hybridized carbons (Fsp3) is 0.522. The van der Waals surface area contributed by atoms with E-state index in [0.29, 0.717) is 49.0 Å². The first kappa shape index (κ1) is 22.9. The summed E-state index contributed by atoms with van der Waals surface area (Å²) >= 11 is 0. The summed E-state index contributed by atoms with van der Waals surface area (Å²) in [5, 5.41) is 9.11. The molecule has 0 aliphatic carbocycles. The number of nitrogens with zero attached hydrogens (tertiary/aromatic N) is 7. The molecule has 2 fully saturated rings. The van der Waals surface area contributed by atoms with Gasteiger partial charge in [-0.05, 0) is 18.6 Å². The Hall–Kier alpha value is -2.89. The topological polar surface area (TPSA) is 82.8 Å². The van der Waals surface area contributed by atoms with Gasteiger partial charge in [0.15, 0.2) is 5.82 Å². The van der Waals surface area contributed by atoms with E-state index in [1.807, 2.05) is 6.07 Å². The molecular formula is C23H29F2N7O2. The van der Waals surface area contributed by atoms with E-state index in [1.54, 1.807) is 24.3 Å². The van der Waals surface area contributed by atoms with Crippen LogP contribution in [-0.2, 0) is 4.74 Å². The van der Waals surface area contributed by atoms with Crippen molar-refractivity contribution >= 4 is 22.7 Å². The van der Waals surface area contributed by atoms with Gasteiger partial charge in [0.25, 0.3) is 6.43 Å². The molecule has 2 aliphatic heterocycles. The Labute approximate surface area is 196 Å². The van der Waals surface area contributed by atoms with Gasteiger partial charge in [-0.15, -0.1) is 0 Å². The number of imidazole rings is 1. The molecule has 3 aromatic rings. The minimum atomic E-state index is -2.76. The highest BCUT2D eigenvalue weighted by molar-refractivity contribution is 5.78. The lowest BCUT2D eigenvalue weighted by molar-refractivity contribution is 0.122. The number of hydrogen-bond donors (Lipinski definition) is 1. The van der Waals surface area contributed by atoms with E-state index in [-0.39, 0.29) is 18.4 Å². The van der Waals surface area contributed by atoms with Crippen LogP contribution in [0, 0.1) is 0 Å². The number of aliphatic hydroxyl groups excluding tert-OH is 1. The molecule has 2 aromatic heterocycles. The van der Waals surface area contributed by atoms with Crippen LogP contribution in [0.3, 0.4) is 0 Å². The van der Waals surface area contributed by atoms with Crippen molar-refractivity contribution in [2.45, 2.75) is 12.8 Å². The van der Waals surface area contributed by atoms with Crippen LogP contribution in [-0.4, -0.2) is 95.2 Å². The van der Waals surface area contributed by atoms with E-state index < -0.39 is 6.43 Å². The summed E-state index contributed by atoms with van der Waals surface area (Å²) in [5.74, 6) is 1.25. The predicted octanol–water partition coefficient (Wildman–Crippen LogP) is 2.09. The van der Waals surface area contributed by atoms with Crippen molar-refractivity contribution in [2.75, 3.05) is 75.4 Å². The lowest BCUT2D eigenvalue weighted by Crippen LogP contribution is -2.47. The van der Waals surface area contributed by atoms with Crippen molar-refractivity contribution in [1.29, 1.82) is 0 Å². The molecule has 34 heavy (non-hydrogen) atoms. The monoisotopic (exact) mass is 473 g/mol. The second-order valence-electron chi connectivity index (χ2n) is 8.48. The highest BCUT2D eigenvalue weighted by atomic mass is 19.3. The van der Waals surface area contributed by atoms with Gasteiger partial charge in [-0.3, -0.25) is 9.47 Å². The van der Waals surface area contributed by atoms with Gasteiger partial charge in [-0.1, -0.05) is 12.1 Å². The quantitative estimate of drug-likeness (QED) is 0.559. The van der Waals surface area contributed by atoms with E-state index >= 15 is 0 Å². The smallest absolute Gasteiger partial charge is 0.296 e. The summed E-state index contributed by atoms with van der Waals surface area (Å²) in [5.41, 5.74) is 1.04. The van der Waals surface area contributed by atoms with Gasteiger partial charge in [0, 0.05) is 58.5 Å². The molecule has 1 aromatic carbocycles. The minimum Gasteiger partial charge on any atom is -0.396 e. The number of benzene rings is 1. The Balaban J connectivity index is 1.54. The van der Waals surface area contributed by atoms with Gasteiger partial charge in [-0.25, -0.2) is 13.8 Å². The van der Waals surface area contributed by atoms with Crippen LogP contribution in [0.1, 0.15) is 18.7 Å². The maximum Gasteiger partial charge on any atom is 0.296 e. The molecule has 182 valence electrons. The largest absolute Gasteiger partial charge is 0.396 e. The third-order valence-electron chi connectivity index (χ3n) is 6.33. The number of piperazine rings is 1. The average molecular weight is 474 g/mol. The second kappa shape index (κ2) is 10.2. The molecule has 0 radical (unpaired) electrons. The molecule has 2 saturated heterocycles. The second-order valence-corrected chi connectivity index (χ2v) is 8.48. The first-order chi connectivity index (χ1) is 16.6. The van der Waals surface area contributed by atoms with Crippen molar-refractivity contribution in [3.8, 4) is 5.95 Å². The Morgan fingerprint density at radius 1 is 0.912 bits per heavy atom. The van der Waals surface area contributed by atoms with E-state index in [1.165, 1.54) is 4.57 Å². The fourth-order valence-corrected chi connectivity index (χ4v) is 4.52. The molecule has 0 atom stereocenters. The van der Waals surface area contributed by atoms with Gasteiger partial charge in [-0.2, -0.15) is 9.97 Å². The normalized spacial score (nSPS) is 17.8. The molecule has 11 heteroatoms. The minimum absolute atomic E-state index is 0.184. The van der Waals surface area contributed by atoms with Crippen LogP contribution in [0.2, 0.25) is 0 Å². The number of rotatable bonds is 7. The molecule has 0 spiro atoms. The van der Waals surface area contributed by atoms with Crippen LogP contribution in [0.5, 0.6) is 0 Å². The van der Waals surface area contributed by atoms with Gasteiger partial charge in [0.2, 0.25) is 5.95 Å². The molecule has 0 bridgehead atoms. The number of alkyl halides is 2. The summed E-state index contributed by atoms with van der Waals surface area (Å²) in [7, 11) is 0. The molecule has 9 nitrogen and oxygen atoms in total. The highest BCUT2D eigenvalue weighted by Crippen LogP contribution is 2.29.